The summed E-state index contributed by atoms with van der Waals surface area (Å²) >= 11 is 1.41. The average molecular weight is 284 g/mol. The molecule has 0 spiro atoms. The van der Waals surface area contributed by atoms with E-state index in [0.717, 1.165) is 39.1 Å². The molecule has 2 aliphatic heterocycles. The highest BCUT2D eigenvalue weighted by molar-refractivity contribution is 8.14. The number of nitrogens with zero attached hydrogens (tertiary/aromatic N) is 2. The molecular weight excluding hydrogens is 260 g/mol. The summed E-state index contributed by atoms with van der Waals surface area (Å²) in [5, 5.41) is 7.88. The van der Waals surface area contributed by atoms with Crippen LogP contribution < -0.4 is 5.73 Å². The molecule has 2 aliphatic rings. The molecule has 1 unspecified atom stereocenters. The van der Waals surface area contributed by atoms with Crippen molar-refractivity contribution in [2.75, 3.05) is 32.7 Å². The van der Waals surface area contributed by atoms with Crippen molar-refractivity contribution in [2.45, 2.75) is 37.4 Å². The first kappa shape index (κ1) is 14.7. The molecule has 0 bridgehead atoms. The van der Waals surface area contributed by atoms with Gasteiger partial charge in [-0.15, -0.1) is 0 Å². The number of amides is 1. The van der Waals surface area contributed by atoms with Gasteiger partial charge < -0.3 is 15.5 Å². The highest BCUT2D eigenvalue weighted by Crippen LogP contribution is 2.19. The summed E-state index contributed by atoms with van der Waals surface area (Å²) in [6.45, 7) is 4.83. The summed E-state index contributed by atoms with van der Waals surface area (Å²) in [7, 11) is 0. The second-order valence-corrected chi connectivity index (χ2v) is 6.75. The Morgan fingerprint density at radius 3 is 2.53 bits per heavy atom. The third-order valence-corrected chi connectivity index (χ3v) is 4.68. The molecule has 0 saturated carbocycles. The number of likely N-dealkylation sites (tertiary alicyclic amines) is 2. The quantitative estimate of drug-likeness (QED) is 0.585. The molecule has 1 amide bonds. The predicted molar refractivity (Wildman–Crippen MR) is 79.4 cm³/mol. The Labute approximate surface area is 119 Å². The third kappa shape index (κ3) is 4.69. The van der Waals surface area contributed by atoms with Gasteiger partial charge in [-0.05, 0) is 32.4 Å². The number of carbonyl (C=O) groups excluding carboxylic acids is 1. The molecule has 0 aromatic rings. The fourth-order valence-electron chi connectivity index (χ4n) is 2.88. The fraction of sp³-hybridized carbons (Fsp3) is 0.846. The number of thioether (sulfide) groups is 1. The van der Waals surface area contributed by atoms with Crippen molar-refractivity contribution in [3.8, 4) is 0 Å². The molecule has 2 heterocycles. The highest BCUT2D eigenvalue weighted by Gasteiger charge is 2.26. The lowest BCUT2D eigenvalue weighted by atomic mass is 10.1. The van der Waals surface area contributed by atoms with Gasteiger partial charge in [0, 0.05) is 31.3 Å². The summed E-state index contributed by atoms with van der Waals surface area (Å²) in [6.07, 6.45) is 5.51. The average Bonchev–Trinajstić information content (AvgIpc) is 2.75. The van der Waals surface area contributed by atoms with Crippen LogP contribution in [0, 0.1) is 5.41 Å². The van der Waals surface area contributed by atoms with Crippen molar-refractivity contribution >= 4 is 22.8 Å². The van der Waals surface area contributed by atoms with Crippen molar-refractivity contribution in [3.05, 3.63) is 0 Å². The van der Waals surface area contributed by atoms with Crippen molar-refractivity contribution in [1.82, 2.24) is 9.80 Å². The van der Waals surface area contributed by atoms with Gasteiger partial charge in [0.05, 0.1) is 0 Å². The molecule has 2 rings (SSSR count). The van der Waals surface area contributed by atoms with E-state index in [1.54, 1.807) is 0 Å². The van der Waals surface area contributed by atoms with Gasteiger partial charge in [0.1, 0.15) is 0 Å². The van der Waals surface area contributed by atoms with Crippen LogP contribution in [-0.4, -0.2) is 58.8 Å². The molecule has 2 saturated heterocycles. The highest BCUT2D eigenvalue weighted by atomic mass is 32.2. The van der Waals surface area contributed by atoms with Gasteiger partial charge in [0.15, 0.2) is 5.17 Å². The van der Waals surface area contributed by atoms with E-state index in [9.17, 15) is 4.79 Å². The lowest BCUT2D eigenvalue weighted by Crippen LogP contribution is -2.42. The number of piperidine rings is 1. The lowest BCUT2D eigenvalue weighted by Gasteiger charge is -2.31. The lowest BCUT2D eigenvalue weighted by molar-refractivity contribution is -0.127. The van der Waals surface area contributed by atoms with Crippen LogP contribution in [0.1, 0.15) is 32.1 Å². The number of rotatable bonds is 5. The first-order valence-corrected chi connectivity index (χ1v) is 8.04. The number of hydrogen-bond donors (Lipinski definition) is 2. The van der Waals surface area contributed by atoms with Gasteiger partial charge >= 0.3 is 0 Å². The molecule has 3 N–H and O–H groups in total. The Bertz CT molecular complexity index is 331. The van der Waals surface area contributed by atoms with E-state index in [2.05, 4.69) is 4.90 Å². The number of hydrogen-bond acceptors (Lipinski definition) is 4. The molecule has 0 aromatic carbocycles. The largest absolute Gasteiger partial charge is 0.379 e. The molecule has 0 radical (unpaired) electrons. The monoisotopic (exact) mass is 284 g/mol. The first-order valence-electron chi connectivity index (χ1n) is 7.16. The zero-order valence-corrected chi connectivity index (χ0v) is 12.3. The van der Waals surface area contributed by atoms with Crippen LogP contribution in [0.25, 0.3) is 0 Å². The molecule has 2 fully saturated rings. The minimum Gasteiger partial charge on any atom is -0.379 e. The van der Waals surface area contributed by atoms with Gasteiger partial charge in [-0.25, -0.2) is 0 Å². The summed E-state index contributed by atoms with van der Waals surface area (Å²) in [6, 6.07) is 0. The molecule has 1 atom stereocenters. The summed E-state index contributed by atoms with van der Waals surface area (Å²) in [5.41, 5.74) is 5.53. The topological polar surface area (TPSA) is 73.4 Å². The van der Waals surface area contributed by atoms with Crippen LogP contribution in [0.4, 0.5) is 0 Å². The van der Waals surface area contributed by atoms with Crippen LogP contribution in [0.5, 0.6) is 0 Å². The number of nitrogens with two attached hydrogens (primary N) is 1. The number of carbonyl (C=O) groups is 1. The molecular formula is C13H24N4OS. The Morgan fingerprint density at radius 1 is 1.21 bits per heavy atom. The standard InChI is InChI=1S/C13H24N4OS/c14-13(15)19-11(9-16-6-2-1-3-7-16)10-17-8-4-5-12(17)18/h11H,1-10H2,(H3,14,15). The van der Waals surface area contributed by atoms with Crippen LogP contribution in [-0.2, 0) is 4.79 Å². The van der Waals surface area contributed by atoms with E-state index in [-0.39, 0.29) is 16.3 Å². The van der Waals surface area contributed by atoms with Crippen LogP contribution in [0.2, 0.25) is 0 Å². The zero-order chi connectivity index (χ0) is 13.7. The van der Waals surface area contributed by atoms with E-state index in [4.69, 9.17) is 11.1 Å². The van der Waals surface area contributed by atoms with Gasteiger partial charge in [-0.3, -0.25) is 10.2 Å². The third-order valence-electron chi connectivity index (χ3n) is 3.80. The maximum absolute atomic E-state index is 11.7. The van der Waals surface area contributed by atoms with Crippen LogP contribution in [0.15, 0.2) is 0 Å². The molecule has 6 heteroatoms. The molecule has 0 aliphatic carbocycles. The Hall–Kier alpha value is -0.750. The van der Waals surface area contributed by atoms with E-state index in [0.29, 0.717) is 6.42 Å². The minimum atomic E-state index is 0.161. The molecule has 108 valence electrons. The molecule has 0 aromatic heterocycles. The number of nitrogens with one attached hydrogen (secondary N) is 1. The van der Waals surface area contributed by atoms with Crippen molar-refractivity contribution in [1.29, 1.82) is 5.41 Å². The Balaban J connectivity index is 1.86. The fourth-order valence-corrected chi connectivity index (χ4v) is 3.78. The van der Waals surface area contributed by atoms with Gasteiger partial charge in [-0.2, -0.15) is 0 Å². The Morgan fingerprint density at radius 2 is 1.95 bits per heavy atom. The maximum Gasteiger partial charge on any atom is 0.222 e. The van der Waals surface area contributed by atoms with E-state index in [1.807, 2.05) is 4.90 Å². The Kier molecular flexibility index (Phi) is 5.51. The second-order valence-electron chi connectivity index (χ2n) is 5.41. The molecule has 19 heavy (non-hydrogen) atoms. The van der Waals surface area contributed by atoms with E-state index < -0.39 is 0 Å². The predicted octanol–water partition coefficient (Wildman–Crippen LogP) is 1.09. The smallest absolute Gasteiger partial charge is 0.222 e. The summed E-state index contributed by atoms with van der Waals surface area (Å²) < 4.78 is 0. The van der Waals surface area contributed by atoms with Gasteiger partial charge in [0.2, 0.25) is 5.91 Å². The summed E-state index contributed by atoms with van der Waals surface area (Å²) in [4.78, 5) is 16.1. The normalized spacial score (nSPS) is 22.7. The zero-order valence-electron chi connectivity index (χ0n) is 11.4. The summed E-state index contributed by atoms with van der Waals surface area (Å²) in [5.74, 6) is 0.257. The van der Waals surface area contributed by atoms with Gasteiger partial charge in [-0.1, -0.05) is 18.2 Å². The van der Waals surface area contributed by atoms with Crippen molar-refractivity contribution in [2.24, 2.45) is 5.73 Å². The maximum atomic E-state index is 11.7. The second kappa shape index (κ2) is 7.14. The van der Waals surface area contributed by atoms with Crippen LogP contribution >= 0.6 is 11.8 Å². The number of amidine groups is 1. The van der Waals surface area contributed by atoms with Crippen LogP contribution in [0.3, 0.4) is 0 Å². The first-order chi connectivity index (χ1) is 9.15. The van der Waals surface area contributed by atoms with E-state index >= 15 is 0 Å². The van der Waals surface area contributed by atoms with Crippen molar-refractivity contribution in [3.63, 3.8) is 0 Å². The van der Waals surface area contributed by atoms with E-state index in [1.165, 1.54) is 31.0 Å². The van der Waals surface area contributed by atoms with Gasteiger partial charge in [0.25, 0.3) is 0 Å². The van der Waals surface area contributed by atoms with Crippen molar-refractivity contribution < 1.29 is 4.79 Å². The molecule has 5 nitrogen and oxygen atoms in total. The SMILES string of the molecule is N=C(N)SC(CN1CCCCC1)CN1CCCC1=O. The minimum absolute atomic E-state index is 0.161.